The summed E-state index contributed by atoms with van der Waals surface area (Å²) in [6.45, 7) is 7.23. The smallest absolute Gasteiger partial charge is 0.322 e. The molecule has 11 heteroatoms. The van der Waals surface area contributed by atoms with Gasteiger partial charge in [0.25, 0.3) is 5.92 Å². The van der Waals surface area contributed by atoms with E-state index in [2.05, 4.69) is 15.3 Å². The molecule has 2 amide bonds. The van der Waals surface area contributed by atoms with E-state index in [9.17, 15) is 18.7 Å². The number of anilines is 1. The van der Waals surface area contributed by atoms with Crippen LogP contribution < -0.4 is 5.32 Å². The normalized spacial score (nSPS) is 24.2. The number of halogens is 4. The first-order chi connectivity index (χ1) is 15.1. The van der Waals surface area contributed by atoms with Gasteiger partial charge in [0.2, 0.25) is 5.69 Å². The van der Waals surface area contributed by atoms with E-state index < -0.39 is 42.2 Å². The van der Waals surface area contributed by atoms with Crippen LogP contribution in [0.4, 0.5) is 33.7 Å². The molecule has 0 unspecified atom stereocenters. The van der Waals surface area contributed by atoms with Gasteiger partial charge in [-0.05, 0) is 31.5 Å². The molecule has 2 aliphatic heterocycles. The molecule has 2 N–H and O–H groups in total. The second-order valence-corrected chi connectivity index (χ2v) is 8.38. The van der Waals surface area contributed by atoms with E-state index in [0.29, 0.717) is 5.69 Å². The summed E-state index contributed by atoms with van der Waals surface area (Å²) in [6, 6.07) is 2.60. The number of nitrogens with zero attached hydrogens (tertiary/aromatic N) is 4. The monoisotopic (exact) mass is 451 g/mol. The van der Waals surface area contributed by atoms with E-state index in [-0.39, 0.29) is 48.9 Å². The van der Waals surface area contributed by atoms with Crippen molar-refractivity contribution in [3.8, 4) is 0 Å². The number of amides is 2. The molecular weight excluding hydrogens is 430 g/mol. The van der Waals surface area contributed by atoms with Gasteiger partial charge in [0.15, 0.2) is 0 Å². The number of carbonyl (C=O) groups excluding carboxylic acids is 1. The number of aryl methyl sites for hydroxylation is 1. The van der Waals surface area contributed by atoms with E-state index in [0.717, 1.165) is 10.7 Å². The highest BCUT2D eigenvalue weighted by atomic mass is 19.3. The van der Waals surface area contributed by atoms with Gasteiger partial charge in [-0.15, -0.1) is 0 Å². The number of hydrogen-bond donors (Lipinski definition) is 2. The van der Waals surface area contributed by atoms with E-state index in [1.807, 2.05) is 0 Å². The van der Waals surface area contributed by atoms with Crippen molar-refractivity contribution in [2.45, 2.75) is 56.8 Å². The Morgan fingerprint density at radius 1 is 1.44 bits per heavy atom. The van der Waals surface area contributed by atoms with Gasteiger partial charge in [-0.25, -0.2) is 18.4 Å². The molecule has 0 bridgehead atoms. The van der Waals surface area contributed by atoms with Crippen molar-refractivity contribution in [2.75, 3.05) is 12.0 Å². The SMILES string of the molecule is [C-]#[N+]c1cc(NC(=O)N2Cc3c(nn4c3C(F)(F)C[C@](O)(CF)CC4)C[C@H]2C)ccc1F. The highest BCUT2D eigenvalue weighted by molar-refractivity contribution is 5.90. The maximum Gasteiger partial charge on any atom is 0.322 e. The molecular formula is C21H21F4N5O2. The minimum absolute atomic E-state index is 0.0616. The Hall–Kier alpha value is -3.13. The molecule has 2 aromatic rings. The predicted octanol–water partition coefficient (Wildman–Crippen LogP) is 4.14. The fourth-order valence-electron chi connectivity index (χ4n) is 4.32. The number of benzene rings is 1. The molecule has 2 aliphatic rings. The number of rotatable bonds is 2. The third-order valence-electron chi connectivity index (χ3n) is 6.00. The molecule has 4 rings (SSSR count). The third kappa shape index (κ3) is 3.79. The minimum atomic E-state index is -3.53. The van der Waals surface area contributed by atoms with E-state index >= 15 is 8.78 Å². The topological polar surface area (TPSA) is 74.8 Å². The minimum Gasteiger partial charge on any atom is -0.387 e. The summed E-state index contributed by atoms with van der Waals surface area (Å²) < 4.78 is 58.1. The quantitative estimate of drug-likeness (QED) is 0.533. The fourth-order valence-corrected chi connectivity index (χ4v) is 4.32. The fraction of sp³-hybridized carbons (Fsp3) is 0.476. The van der Waals surface area contributed by atoms with Gasteiger partial charge in [-0.3, -0.25) is 4.68 Å². The third-order valence-corrected chi connectivity index (χ3v) is 6.00. The second-order valence-electron chi connectivity index (χ2n) is 8.38. The number of aromatic nitrogens is 2. The van der Waals surface area contributed by atoms with Crippen LogP contribution >= 0.6 is 0 Å². The van der Waals surface area contributed by atoms with Crippen LogP contribution in [0.1, 0.15) is 36.7 Å². The molecule has 1 aromatic carbocycles. The number of aliphatic hydroxyl groups is 1. The molecule has 0 saturated carbocycles. The molecule has 7 nitrogen and oxygen atoms in total. The molecule has 3 heterocycles. The van der Waals surface area contributed by atoms with Crippen molar-refractivity contribution in [2.24, 2.45) is 0 Å². The van der Waals surface area contributed by atoms with Crippen LogP contribution in [0.25, 0.3) is 4.85 Å². The summed E-state index contributed by atoms with van der Waals surface area (Å²) in [5.41, 5.74) is -1.96. The van der Waals surface area contributed by atoms with Crippen LogP contribution in [-0.2, 0) is 25.4 Å². The zero-order chi connectivity index (χ0) is 23.3. The number of fused-ring (bicyclic) bond motifs is 3. The van der Waals surface area contributed by atoms with Crippen molar-refractivity contribution in [3.05, 3.63) is 52.4 Å². The van der Waals surface area contributed by atoms with Gasteiger partial charge < -0.3 is 15.3 Å². The molecule has 0 saturated heterocycles. The standard InChI is InChI=1S/C21H21F4N5O2/c1-12-7-16-14(18-21(24,25)10-20(32,11-22)5-6-30(18)28-16)9-29(12)19(31)27-13-3-4-15(23)17(8-13)26-2/h3-4,8,12,32H,5-7,9-11H2,1H3,(H,27,31)/t12-,20+/m1/s1. The lowest BCUT2D eigenvalue weighted by molar-refractivity contribution is -0.102. The van der Waals surface area contributed by atoms with Crippen molar-refractivity contribution >= 4 is 17.4 Å². The van der Waals surface area contributed by atoms with Crippen molar-refractivity contribution < 1.29 is 27.5 Å². The zero-order valence-electron chi connectivity index (χ0n) is 17.2. The number of urea groups is 1. The lowest BCUT2D eigenvalue weighted by Gasteiger charge is -2.34. The van der Waals surface area contributed by atoms with Gasteiger partial charge in [-0.2, -0.15) is 13.9 Å². The summed E-state index contributed by atoms with van der Waals surface area (Å²) in [5.74, 6) is -4.24. The molecule has 1 aromatic heterocycles. The largest absolute Gasteiger partial charge is 0.387 e. The van der Waals surface area contributed by atoms with Crippen LogP contribution in [0.15, 0.2) is 18.2 Å². The number of alkyl halides is 3. The highest BCUT2D eigenvalue weighted by Gasteiger charge is 2.50. The molecule has 2 atom stereocenters. The molecule has 32 heavy (non-hydrogen) atoms. The average molecular weight is 451 g/mol. The molecule has 0 aliphatic carbocycles. The number of hydrogen-bond acceptors (Lipinski definition) is 3. The lowest BCUT2D eigenvalue weighted by Crippen LogP contribution is -2.45. The number of carbonyl (C=O) groups is 1. The summed E-state index contributed by atoms with van der Waals surface area (Å²) >= 11 is 0. The lowest BCUT2D eigenvalue weighted by atomic mass is 9.91. The maximum absolute atomic E-state index is 15.1. The van der Waals surface area contributed by atoms with Crippen LogP contribution in [0.3, 0.4) is 0 Å². The summed E-state index contributed by atoms with van der Waals surface area (Å²) in [7, 11) is 0. The number of nitrogens with one attached hydrogen (secondary N) is 1. The molecule has 0 spiro atoms. The Morgan fingerprint density at radius 3 is 2.88 bits per heavy atom. The summed E-state index contributed by atoms with van der Waals surface area (Å²) in [6.07, 6.45) is -1.02. The predicted molar refractivity (Wildman–Crippen MR) is 107 cm³/mol. The zero-order valence-corrected chi connectivity index (χ0v) is 17.2. The Bertz CT molecular complexity index is 1110. The van der Waals surface area contributed by atoms with Crippen LogP contribution in [0.2, 0.25) is 0 Å². The van der Waals surface area contributed by atoms with Crippen molar-refractivity contribution in [1.82, 2.24) is 14.7 Å². The van der Waals surface area contributed by atoms with Crippen molar-refractivity contribution in [3.63, 3.8) is 0 Å². The Kier molecular flexibility index (Phi) is 5.36. The maximum atomic E-state index is 15.1. The van der Waals surface area contributed by atoms with Gasteiger partial charge in [0.1, 0.15) is 23.8 Å². The molecule has 0 radical (unpaired) electrons. The van der Waals surface area contributed by atoms with Gasteiger partial charge in [-0.1, -0.05) is 0 Å². The average Bonchev–Trinajstić information content (AvgIpc) is 3.06. The van der Waals surface area contributed by atoms with E-state index in [1.165, 1.54) is 17.0 Å². The molecule has 0 fully saturated rings. The molecule has 170 valence electrons. The highest BCUT2D eigenvalue weighted by Crippen LogP contribution is 2.44. The second kappa shape index (κ2) is 7.78. The van der Waals surface area contributed by atoms with Crippen LogP contribution in [0.5, 0.6) is 0 Å². The van der Waals surface area contributed by atoms with Gasteiger partial charge in [0, 0.05) is 36.7 Å². The first-order valence-corrected chi connectivity index (χ1v) is 10.1. The first-order valence-electron chi connectivity index (χ1n) is 10.1. The Labute approximate surface area is 181 Å². The summed E-state index contributed by atoms with van der Waals surface area (Å²) in [5, 5.41) is 17.0. The van der Waals surface area contributed by atoms with Crippen molar-refractivity contribution in [1.29, 1.82) is 0 Å². The first kappa shape index (κ1) is 22.1. The Morgan fingerprint density at radius 2 is 2.19 bits per heavy atom. The van der Waals surface area contributed by atoms with Crippen LogP contribution in [0, 0.1) is 12.4 Å². The summed E-state index contributed by atoms with van der Waals surface area (Å²) in [4.78, 5) is 17.3. The van der Waals surface area contributed by atoms with E-state index in [1.54, 1.807) is 6.92 Å². The van der Waals surface area contributed by atoms with Crippen LogP contribution in [-0.4, -0.2) is 44.1 Å². The van der Waals surface area contributed by atoms with Gasteiger partial charge in [0.05, 0.1) is 18.8 Å². The van der Waals surface area contributed by atoms with E-state index in [4.69, 9.17) is 6.57 Å². The van der Waals surface area contributed by atoms with Gasteiger partial charge >= 0.3 is 6.03 Å². The Balaban J connectivity index is 1.62.